The van der Waals surface area contributed by atoms with E-state index < -0.39 is 0 Å². The van der Waals surface area contributed by atoms with E-state index in [0.29, 0.717) is 6.54 Å². The topological polar surface area (TPSA) is 41.6 Å². The minimum absolute atomic E-state index is 0.0390. The van der Waals surface area contributed by atoms with Crippen LogP contribution in [0.25, 0.3) is 6.08 Å². The van der Waals surface area contributed by atoms with Gasteiger partial charge in [0.2, 0.25) is 5.91 Å². The van der Waals surface area contributed by atoms with Crippen LogP contribution in [0.2, 0.25) is 0 Å². The zero-order chi connectivity index (χ0) is 14.9. The Morgan fingerprint density at radius 1 is 1.24 bits per heavy atom. The molecule has 21 heavy (non-hydrogen) atoms. The van der Waals surface area contributed by atoms with E-state index in [0.717, 1.165) is 30.9 Å². The average Bonchev–Trinajstić information content (AvgIpc) is 2.54. The molecule has 1 fully saturated rings. The van der Waals surface area contributed by atoms with Crippen molar-refractivity contribution >= 4 is 12.0 Å². The third-order valence-corrected chi connectivity index (χ3v) is 3.72. The highest BCUT2D eigenvalue weighted by Gasteiger charge is 2.09. The summed E-state index contributed by atoms with van der Waals surface area (Å²) in [4.78, 5) is 14.2. The Morgan fingerprint density at radius 2 is 1.95 bits per heavy atom. The van der Waals surface area contributed by atoms with Gasteiger partial charge in [0, 0.05) is 19.2 Å². The number of benzene rings is 1. The van der Waals surface area contributed by atoms with Crippen LogP contribution < -0.4 is 10.1 Å². The zero-order valence-electron chi connectivity index (χ0n) is 12.7. The van der Waals surface area contributed by atoms with Crippen LogP contribution in [0.5, 0.6) is 5.75 Å². The molecular formula is C17H24N2O2. The number of nitrogens with one attached hydrogen (secondary N) is 1. The fourth-order valence-corrected chi connectivity index (χ4v) is 2.47. The lowest BCUT2D eigenvalue weighted by atomic mass is 10.1. The number of piperidine rings is 1. The van der Waals surface area contributed by atoms with Crippen molar-refractivity contribution in [1.29, 1.82) is 0 Å². The molecule has 0 aliphatic carbocycles. The van der Waals surface area contributed by atoms with Gasteiger partial charge in [-0.2, -0.15) is 0 Å². The molecule has 1 N–H and O–H groups in total. The largest absolute Gasteiger partial charge is 0.497 e. The number of methoxy groups -OCH3 is 1. The Labute approximate surface area is 126 Å². The van der Waals surface area contributed by atoms with E-state index in [2.05, 4.69) is 10.2 Å². The Kier molecular flexibility index (Phi) is 6.28. The molecule has 114 valence electrons. The van der Waals surface area contributed by atoms with Crippen molar-refractivity contribution in [1.82, 2.24) is 10.2 Å². The summed E-state index contributed by atoms with van der Waals surface area (Å²) >= 11 is 0. The lowest BCUT2D eigenvalue weighted by Crippen LogP contribution is -2.37. The third-order valence-electron chi connectivity index (χ3n) is 3.72. The van der Waals surface area contributed by atoms with Crippen LogP contribution in [0.4, 0.5) is 0 Å². The Bertz CT molecular complexity index is 462. The smallest absolute Gasteiger partial charge is 0.244 e. The maximum absolute atomic E-state index is 11.7. The number of carbonyl (C=O) groups is 1. The fraction of sp³-hybridized carbons (Fsp3) is 0.471. The molecule has 2 rings (SSSR count). The van der Waals surface area contributed by atoms with Crippen LogP contribution in [-0.2, 0) is 4.79 Å². The second kappa shape index (κ2) is 8.47. The van der Waals surface area contributed by atoms with Gasteiger partial charge in [0.15, 0.2) is 0 Å². The van der Waals surface area contributed by atoms with E-state index in [-0.39, 0.29) is 5.91 Å². The van der Waals surface area contributed by atoms with Gasteiger partial charge in [-0.3, -0.25) is 4.79 Å². The summed E-state index contributed by atoms with van der Waals surface area (Å²) in [6.07, 6.45) is 7.30. The highest BCUT2D eigenvalue weighted by atomic mass is 16.5. The molecule has 0 radical (unpaired) electrons. The van der Waals surface area contributed by atoms with E-state index in [9.17, 15) is 4.79 Å². The van der Waals surface area contributed by atoms with E-state index in [1.165, 1.54) is 19.3 Å². The van der Waals surface area contributed by atoms with Gasteiger partial charge in [0.05, 0.1) is 7.11 Å². The quantitative estimate of drug-likeness (QED) is 0.817. The number of carbonyl (C=O) groups excluding carboxylic acids is 1. The minimum atomic E-state index is -0.0390. The normalized spacial score (nSPS) is 16.0. The van der Waals surface area contributed by atoms with Crippen molar-refractivity contribution in [2.45, 2.75) is 19.3 Å². The predicted molar refractivity (Wildman–Crippen MR) is 85.3 cm³/mol. The fourth-order valence-electron chi connectivity index (χ4n) is 2.47. The Morgan fingerprint density at radius 3 is 2.62 bits per heavy atom. The summed E-state index contributed by atoms with van der Waals surface area (Å²) in [5.74, 6) is 0.779. The van der Waals surface area contributed by atoms with Crippen molar-refractivity contribution in [3.63, 3.8) is 0 Å². The van der Waals surface area contributed by atoms with Crippen LogP contribution >= 0.6 is 0 Å². The maximum atomic E-state index is 11.7. The average molecular weight is 288 g/mol. The number of rotatable bonds is 6. The van der Waals surface area contributed by atoms with Crippen LogP contribution in [0.3, 0.4) is 0 Å². The molecule has 1 heterocycles. The van der Waals surface area contributed by atoms with Crippen LogP contribution in [0, 0.1) is 0 Å². The van der Waals surface area contributed by atoms with Gasteiger partial charge in [0.1, 0.15) is 5.75 Å². The van der Waals surface area contributed by atoms with Crippen molar-refractivity contribution in [2.75, 3.05) is 33.3 Å². The highest BCUT2D eigenvalue weighted by Crippen LogP contribution is 2.12. The molecule has 0 saturated carbocycles. The first-order chi connectivity index (χ1) is 10.3. The minimum Gasteiger partial charge on any atom is -0.497 e. The molecule has 1 amide bonds. The molecule has 0 atom stereocenters. The van der Waals surface area contributed by atoms with Crippen LogP contribution in [-0.4, -0.2) is 44.1 Å². The lowest BCUT2D eigenvalue weighted by molar-refractivity contribution is -0.116. The van der Waals surface area contributed by atoms with Gasteiger partial charge < -0.3 is 15.0 Å². The van der Waals surface area contributed by atoms with E-state index >= 15 is 0 Å². The number of nitrogens with zero attached hydrogens (tertiary/aromatic N) is 1. The summed E-state index contributed by atoms with van der Waals surface area (Å²) in [6, 6.07) is 7.62. The number of likely N-dealkylation sites (tertiary alicyclic amines) is 1. The lowest BCUT2D eigenvalue weighted by Gasteiger charge is -2.26. The SMILES string of the molecule is COc1ccc(/C=C/C(=O)NCCN2CCCCC2)cc1. The molecule has 0 unspecified atom stereocenters. The summed E-state index contributed by atoms with van der Waals surface area (Å²) in [5, 5.41) is 2.93. The first-order valence-corrected chi connectivity index (χ1v) is 7.60. The molecule has 1 aromatic carbocycles. The Balaban J connectivity index is 1.69. The second-order valence-electron chi connectivity index (χ2n) is 5.30. The monoisotopic (exact) mass is 288 g/mol. The van der Waals surface area contributed by atoms with Gasteiger partial charge >= 0.3 is 0 Å². The summed E-state index contributed by atoms with van der Waals surface area (Å²) in [7, 11) is 1.64. The van der Waals surface area contributed by atoms with Crippen LogP contribution in [0.15, 0.2) is 30.3 Å². The molecule has 1 aromatic rings. The van der Waals surface area contributed by atoms with Gasteiger partial charge in [-0.05, 0) is 49.7 Å². The van der Waals surface area contributed by atoms with E-state index in [1.54, 1.807) is 13.2 Å². The molecule has 1 saturated heterocycles. The highest BCUT2D eigenvalue weighted by molar-refractivity contribution is 5.91. The molecular weight excluding hydrogens is 264 g/mol. The molecule has 4 heteroatoms. The van der Waals surface area contributed by atoms with Gasteiger partial charge in [-0.1, -0.05) is 18.6 Å². The molecule has 1 aliphatic heterocycles. The first kappa shape index (κ1) is 15.6. The molecule has 0 spiro atoms. The number of hydrogen-bond donors (Lipinski definition) is 1. The third kappa shape index (κ3) is 5.60. The van der Waals surface area contributed by atoms with Crippen molar-refractivity contribution in [3.05, 3.63) is 35.9 Å². The number of ether oxygens (including phenoxy) is 1. The van der Waals surface area contributed by atoms with Gasteiger partial charge in [-0.15, -0.1) is 0 Å². The van der Waals surface area contributed by atoms with Crippen molar-refractivity contribution in [3.8, 4) is 5.75 Å². The second-order valence-corrected chi connectivity index (χ2v) is 5.30. The predicted octanol–water partition coefficient (Wildman–Crippen LogP) is 2.31. The maximum Gasteiger partial charge on any atom is 0.244 e. The molecule has 4 nitrogen and oxygen atoms in total. The standard InChI is InChI=1S/C17H24N2O2/c1-21-16-8-5-15(6-9-16)7-10-17(20)18-11-14-19-12-3-2-4-13-19/h5-10H,2-4,11-14H2,1H3,(H,18,20)/b10-7+. The van der Waals surface area contributed by atoms with E-state index in [4.69, 9.17) is 4.74 Å². The van der Waals surface area contributed by atoms with Crippen molar-refractivity contribution in [2.24, 2.45) is 0 Å². The Hall–Kier alpha value is -1.81. The summed E-state index contributed by atoms with van der Waals surface area (Å²) in [6.45, 7) is 3.99. The first-order valence-electron chi connectivity index (χ1n) is 7.60. The van der Waals surface area contributed by atoms with E-state index in [1.807, 2.05) is 30.3 Å². The summed E-state index contributed by atoms with van der Waals surface area (Å²) in [5.41, 5.74) is 0.988. The van der Waals surface area contributed by atoms with Gasteiger partial charge in [-0.25, -0.2) is 0 Å². The molecule has 0 aromatic heterocycles. The number of hydrogen-bond acceptors (Lipinski definition) is 3. The molecule has 0 bridgehead atoms. The number of amides is 1. The zero-order valence-corrected chi connectivity index (χ0v) is 12.7. The van der Waals surface area contributed by atoms with Crippen molar-refractivity contribution < 1.29 is 9.53 Å². The van der Waals surface area contributed by atoms with Gasteiger partial charge in [0.25, 0.3) is 0 Å². The van der Waals surface area contributed by atoms with Crippen LogP contribution in [0.1, 0.15) is 24.8 Å². The summed E-state index contributed by atoms with van der Waals surface area (Å²) < 4.78 is 5.10. The molecule has 1 aliphatic rings.